The van der Waals surface area contributed by atoms with E-state index in [2.05, 4.69) is 34.8 Å². The number of aromatic nitrogens is 2. The molecule has 3 rings (SSSR count). The molecule has 1 unspecified atom stereocenters. The number of amides is 2. The lowest BCUT2D eigenvalue weighted by Crippen LogP contribution is -2.46. The van der Waals surface area contributed by atoms with Crippen LogP contribution in [-0.4, -0.2) is 33.1 Å². The van der Waals surface area contributed by atoms with E-state index in [9.17, 15) is 4.79 Å². The van der Waals surface area contributed by atoms with Gasteiger partial charge < -0.3 is 14.8 Å². The van der Waals surface area contributed by atoms with Crippen molar-refractivity contribution in [2.75, 3.05) is 11.9 Å². The summed E-state index contributed by atoms with van der Waals surface area (Å²) in [6, 6.07) is 6.37. The van der Waals surface area contributed by atoms with Gasteiger partial charge in [-0.15, -0.1) is 0 Å². The number of nitrogens with zero attached hydrogens (tertiary/aromatic N) is 3. The summed E-state index contributed by atoms with van der Waals surface area (Å²) in [5.41, 5.74) is 3.25. The Morgan fingerprint density at radius 2 is 2.12 bits per heavy atom. The van der Waals surface area contributed by atoms with Crippen LogP contribution in [0, 0.1) is 20.8 Å². The van der Waals surface area contributed by atoms with E-state index in [1.807, 2.05) is 36.4 Å². The van der Waals surface area contributed by atoms with Crippen molar-refractivity contribution in [2.24, 2.45) is 0 Å². The monoisotopic (exact) mass is 340 g/mol. The average Bonchev–Trinajstić information content (AvgIpc) is 3.02. The number of carbonyl (C=O) groups is 1. The summed E-state index contributed by atoms with van der Waals surface area (Å²) in [7, 11) is 0. The number of anilines is 1. The molecule has 1 fully saturated rings. The van der Waals surface area contributed by atoms with Crippen molar-refractivity contribution in [2.45, 2.75) is 59.0 Å². The predicted octanol–water partition coefficient (Wildman–Crippen LogP) is 4.29. The Labute approximate surface area is 150 Å². The molecule has 1 N–H and O–H groups in total. The quantitative estimate of drug-likeness (QED) is 0.903. The smallest absolute Gasteiger partial charge is 0.322 e. The minimum absolute atomic E-state index is 0.0285. The molecule has 2 aromatic rings. The number of urea groups is 1. The highest BCUT2D eigenvalue weighted by atomic mass is 16.2. The molecule has 0 spiro atoms. The summed E-state index contributed by atoms with van der Waals surface area (Å²) in [6.07, 6.45) is 8.17. The molecule has 1 atom stereocenters. The number of carbonyl (C=O) groups excluding carboxylic acids is 1. The van der Waals surface area contributed by atoms with Crippen LogP contribution in [0.15, 0.2) is 30.6 Å². The number of piperidine rings is 1. The second-order valence-electron chi connectivity index (χ2n) is 6.98. The van der Waals surface area contributed by atoms with Gasteiger partial charge in [0, 0.05) is 37.2 Å². The summed E-state index contributed by atoms with van der Waals surface area (Å²) in [4.78, 5) is 19.2. The van der Waals surface area contributed by atoms with Gasteiger partial charge in [-0.2, -0.15) is 0 Å². The lowest BCUT2D eigenvalue weighted by molar-refractivity contribution is 0.155. The molecule has 1 aromatic carbocycles. The molecule has 2 amide bonds. The van der Waals surface area contributed by atoms with Gasteiger partial charge in [-0.3, -0.25) is 0 Å². The third-order valence-corrected chi connectivity index (χ3v) is 5.36. The number of hydrogen-bond acceptors (Lipinski definition) is 2. The number of hydrogen-bond donors (Lipinski definition) is 1. The van der Waals surface area contributed by atoms with E-state index in [-0.39, 0.29) is 6.03 Å². The molecular weight excluding hydrogens is 312 g/mol. The van der Waals surface area contributed by atoms with Gasteiger partial charge in [0.2, 0.25) is 0 Å². The van der Waals surface area contributed by atoms with Gasteiger partial charge in [-0.25, -0.2) is 9.78 Å². The van der Waals surface area contributed by atoms with E-state index in [4.69, 9.17) is 0 Å². The Balaban J connectivity index is 1.66. The van der Waals surface area contributed by atoms with Gasteiger partial charge in [0.1, 0.15) is 5.82 Å². The number of rotatable bonds is 4. The van der Waals surface area contributed by atoms with Crippen LogP contribution in [0.5, 0.6) is 0 Å². The third kappa shape index (κ3) is 4.03. The maximum atomic E-state index is 12.9. The van der Waals surface area contributed by atoms with Crippen molar-refractivity contribution in [1.82, 2.24) is 14.5 Å². The van der Waals surface area contributed by atoms with Crippen molar-refractivity contribution in [3.63, 3.8) is 0 Å². The highest BCUT2D eigenvalue weighted by Gasteiger charge is 2.27. The third-order valence-electron chi connectivity index (χ3n) is 5.36. The second-order valence-corrected chi connectivity index (χ2v) is 6.98. The van der Waals surface area contributed by atoms with Crippen molar-refractivity contribution in [3.05, 3.63) is 47.5 Å². The highest BCUT2D eigenvalue weighted by Crippen LogP contribution is 2.23. The molecule has 0 saturated carbocycles. The SMILES string of the molecule is Cc1cccc(NC(=O)N2CCCCC2CCn2ccnc2C)c1C. The summed E-state index contributed by atoms with van der Waals surface area (Å²) in [6.45, 7) is 7.89. The van der Waals surface area contributed by atoms with Crippen molar-refractivity contribution in [3.8, 4) is 0 Å². The molecule has 134 valence electrons. The zero-order valence-corrected chi connectivity index (χ0v) is 15.5. The Hall–Kier alpha value is -2.30. The molecule has 0 radical (unpaired) electrons. The van der Waals surface area contributed by atoms with Crippen LogP contribution < -0.4 is 5.32 Å². The first-order valence-electron chi connectivity index (χ1n) is 9.18. The maximum absolute atomic E-state index is 12.9. The fourth-order valence-electron chi connectivity index (χ4n) is 3.57. The summed E-state index contributed by atoms with van der Waals surface area (Å²) >= 11 is 0. The van der Waals surface area contributed by atoms with Crippen molar-refractivity contribution >= 4 is 11.7 Å². The van der Waals surface area contributed by atoms with Crippen LogP contribution >= 0.6 is 0 Å². The maximum Gasteiger partial charge on any atom is 0.322 e. The molecule has 1 saturated heterocycles. The van der Waals surface area contributed by atoms with E-state index >= 15 is 0 Å². The summed E-state index contributed by atoms with van der Waals surface area (Å²) in [5, 5.41) is 3.12. The largest absolute Gasteiger partial charge is 0.335 e. The van der Waals surface area contributed by atoms with Gasteiger partial charge in [0.15, 0.2) is 0 Å². The number of aryl methyl sites for hydroxylation is 3. The van der Waals surface area contributed by atoms with E-state index in [1.54, 1.807) is 0 Å². The molecule has 5 heteroatoms. The Kier molecular flexibility index (Phi) is 5.41. The molecule has 1 aromatic heterocycles. The van der Waals surface area contributed by atoms with Crippen LogP contribution in [0.25, 0.3) is 0 Å². The molecule has 25 heavy (non-hydrogen) atoms. The molecule has 2 heterocycles. The Bertz CT molecular complexity index is 737. The van der Waals surface area contributed by atoms with Crippen LogP contribution in [0.3, 0.4) is 0 Å². The molecule has 0 bridgehead atoms. The topological polar surface area (TPSA) is 50.2 Å². The number of likely N-dealkylation sites (tertiary alicyclic amines) is 1. The minimum Gasteiger partial charge on any atom is -0.335 e. The fraction of sp³-hybridized carbons (Fsp3) is 0.500. The predicted molar refractivity (Wildman–Crippen MR) is 101 cm³/mol. The zero-order chi connectivity index (χ0) is 17.8. The number of imidazole rings is 1. The molecule has 1 aliphatic heterocycles. The first kappa shape index (κ1) is 17.5. The number of nitrogens with one attached hydrogen (secondary N) is 1. The summed E-state index contributed by atoms with van der Waals surface area (Å²) < 4.78 is 2.16. The molecular formula is C20H28N4O. The first-order chi connectivity index (χ1) is 12.1. The normalized spacial score (nSPS) is 17.6. The standard InChI is InChI=1S/C20H28N4O/c1-15-7-6-9-19(16(15)2)22-20(25)24-12-5-4-8-18(24)10-13-23-14-11-21-17(23)3/h6-7,9,11,14,18H,4-5,8,10,12-13H2,1-3H3,(H,22,25). The zero-order valence-electron chi connectivity index (χ0n) is 15.5. The molecule has 0 aliphatic carbocycles. The number of benzene rings is 1. The Morgan fingerprint density at radius 3 is 2.88 bits per heavy atom. The molecule has 1 aliphatic rings. The van der Waals surface area contributed by atoms with Crippen LogP contribution in [0.2, 0.25) is 0 Å². The van der Waals surface area contributed by atoms with E-state index in [0.29, 0.717) is 6.04 Å². The summed E-state index contributed by atoms with van der Waals surface area (Å²) in [5.74, 6) is 1.03. The van der Waals surface area contributed by atoms with Gasteiger partial charge in [0.25, 0.3) is 0 Å². The lowest BCUT2D eigenvalue weighted by atomic mass is 9.99. The Morgan fingerprint density at radius 1 is 1.28 bits per heavy atom. The van der Waals surface area contributed by atoms with Gasteiger partial charge in [-0.1, -0.05) is 12.1 Å². The van der Waals surface area contributed by atoms with Crippen LogP contribution in [-0.2, 0) is 6.54 Å². The van der Waals surface area contributed by atoms with Crippen LogP contribution in [0.1, 0.15) is 42.6 Å². The van der Waals surface area contributed by atoms with Gasteiger partial charge in [-0.05, 0) is 63.6 Å². The van der Waals surface area contributed by atoms with Gasteiger partial charge in [0.05, 0.1) is 0 Å². The van der Waals surface area contributed by atoms with Crippen molar-refractivity contribution in [1.29, 1.82) is 0 Å². The van der Waals surface area contributed by atoms with E-state index in [0.717, 1.165) is 49.4 Å². The molecule has 5 nitrogen and oxygen atoms in total. The highest BCUT2D eigenvalue weighted by molar-refractivity contribution is 5.90. The van der Waals surface area contributed by atoms with E-state index in [1.165, 1.54) is 12.0 Å². The average molecular weight is 340 g/mol. The minimum atomic E-state index is 0.0285. The lowest BCUT2D eigenvalue weighted by Gasteiger charge is -2.36. The second kappa shape index (κ2) is 7.72. The fourth-order valence-corrected chi connectivity index (χ4v) is 3.57. The first-order valence-corrected chi connectivity index (χ1v) is 9.18. The van der Waals surface area contributed by atoms with Crippen molar-refractivity contribution < 1.29 is 4.79 Å². The van der Waals surface area contributed by atoms with Gasteiger partial charge >= 0.3 is 6.03 Å². The van der Waals surface area contributed by atoms with E-state index < -0.39 is 0 Å². The van der Waals surface area contributed by atoms with Crippen LogP contribution in [0.4, 0.5) is 10.5 Å².